The fourth-order valence-corrected chi connectivity index (χ4v) is 5.66. The van der Waals surface area contributed by atoms with Gasteiger partial charge in [0.2, 0.25) is 21.8 Å². The van der Waals surface area contributed by atoms with Crippen LogP contribution in [0.25, 0.3) is 0 Å². The summed E-state index contributed by atoms with van der Waals surface area (Å²) in [5.74, 6) is -0.0407. The molecule has 1 aliphatic rings. The minimum atomic E-state index is -3.56. The number of carbonyl (C=O) groups is 2. The molecule has 2 aromatic rings. The number of hydrogen-bond acceptors (Lipinski definition) is 6. The number of thioether (sulfide) groups is 1. The lowest BCUT2D eigenvalue weighted by Gasteiger charge is -2.31. The molecule has 1 atom stereocenters. The Labute approximate surface area is 199 Å². The van der Waals surface area contributed by atoms with Gasteiger partial charge < -0.3 is 10.6 Å². The first kappa shape index (κ1) is 25.2. The molecule has 0 bridgehead atoms. The molecule has 1 saturated heterocycles. The van der Waals surface area contributed by atoms with E-state index in [1.807, 2.05) is 24.5 Å². The molecule has 0 aliphatic carbocycles. The van der Waals surface area contributed by atoms with E-state index in [-0.39, 0.29) is 35.7 Å². The largest absolute Gasteiger partial charge is 0.349 e. The first-order valence-electron chi connectivity index (χ1n) is 10.9. The molecule has 2 heterocycles. The summed E-state index contributed by atoms with van der Waals surface area (Å²) in [6.45, 7) is 0.842. The van der Waals surface area contributed by atoms with E-state index >= 15 is 0 Å². The van der Waals surface area contributed by atoms with Gasteiger partial charge in [0.1, 0.15) is 6.04 Å². The standard InChI is InChI=1S/C23H30N4O4S2/c1-32-16-12-21(23(29)25-17-19-7-5-6-13-24-19)26-22(28)18-10-14-27(15-11-18)33(30,31)20-8-3-2-4-9-20/h2-9,13,18,21H,10-12,14-17H2,1H3,(H,25,29)(H,26,28). The Kier molecular flexibility index (Phi) is 9.28. The van der Waals surface area contributed by atoms with Gasteiger partial charge in [-0.15, -0.1) is 0 Å². The molecule has 178 valence electrons. The molecule has 33 heavy (non-hydrogen) atoms. The van der Waals surface area contributed by atoms with Gasteiger partial charge in [-0.1, -0.05) is 24.3 Å². The highest BCUT2D eigenvalue weighted by Crippen LogP contribution is 2.24. The SMILES string of the molecule is CSCCC(NC(=O)C1CCN(S(=O)(=O)c2ccccc2)CC1)C(=O)NCc1ccccn1. The Morgan fingerprint density at radius 1 is 1.12 bits per heavy atom. The maximum absolute atomic E-state index is 12.9. The number of piperidine rings is 1. The summed E-state index contributed by atoms with van der Waals surface area (Å²) in [5, 5.41) is 5.74. The number of nitrogens with one attached hydrogen (secondary N) is 2. The highest BCUT2D eigenvalue weighted by molar-refractivity contribution is 7.98. The molecule has 1 aromatic heterocycles. The average Bonchev–Trinajstić information content (AvgIpc) is 2.86. The summed E-state index contributed by atoms with van der Waals surface area (Å²) in [5.41, 5.74) is 0.743. The summed E-state index contributed by atoms with van der Waals surface area (Å²) in [7, 11) is -3.56. The van der Waals surface area contributed by atoms with Crippen molar-refractivity contribution < 1.29 is 18.0 Å². The fraction of sp³-hybridized carbons (Fsp3) is 0.435. The van der Waals surface area contributed by atoms with Crippen molar-refractivity contribution in [2.45, 2.75) is 36.7 Å². The van der Waals surface area contributed by atoms with Crippen molar-refractivity contribution in [1.82, 2.24) is 19.9 Å². The van der Waals surface area contributed by atoms with Gasteiger partial charge in [-0.05, 0) is 55.5 Å². The van der Waals surface area contributed by atoms with E-state index in [0.29, 0.717) is 25.8 Å². The molecule has 0 radical (unpaired) electrons. The van der Waals surface area contributed by atoms with Crippen molar-refractivity contribution >= 4 is 33.6 Å². The van der Waals surface area contributed by atoms with Crippen LogP contribution >= 0.6 is 11.8 Å². The van der Waals surface area contributed by atoms with Gasteiger partial charge in [-0.3, -0.25) is 14.6 Å². The topological polar surface area (TPSA) is 108 Å². The first-order chi connectivity index (χ1) is 15.9. The maximum atomic E-state index is 12.9. The summed E-state index contributed by atoms with van der Waals surface area (Å²) in [6, 6.07) is 13.2. The zero-order valence-corrected chi connectivity index (χ0v) is 20.3. The number of nitrogens with zero attached hydrogens (tertiary/aromatic N) is 2. The van der Waals surface area contributed by atoms with Crippen LogP contribution in [0.2, 0.25) is 0 Å². The van der Waals surface area contributed by atoms with Crippen LogP contribution in [-0.2, 0) is 26.2 Å². The van der Waals surface area contributed by atoms with E-state index in [9.17, 15) is 18.0 Å². The molecular formula is C23H30N4O4S2. The van der Waals surface area contributed by atoms with Crippen LogP contribution in [0.5, 0.6) is 0 Å². The zero-order chi connectivity index (χ0) is 23.7. The number of benzene rings is 1. The van der Waals surface area contributed by atoms with Gasteiger partial charge in [0.05, 0.1) is 17.1 Å². The second kappa shape index (κ2) is 12.2. The van der Waals surface area contributed by atoms with E-state index in [1.54, 1.807) is 48.3 Å². The van der Waals surface area contributed by atoms with Crippen molar-refractivity contribution in [2.24, 2.45) is 5.92 Å². The molecule has 8 nitrogen and oxygen atoms in total. The number of sulfonamides is 1. The molecule has 1 fully saturated rings. The molecule has 2 N–H and O–H groups in total. The van der Waals surface area contributed by atoms with Gasteiger partial charge in [0.25, 0.3) is 0 Å². The quantitative estimate of drug-likeness (QED) is 0.528. The average molecular weight is 491 g/mol. The van der Waals surface area contributed by atoms with Crippen LogP contribution in [0, 0.1) is 5.92 Å². The Bertz CT molecular complexity index is 1010. The molecule has 1 aromatic carbocycles. The first-order valence-corrected chi connectivity index (χ1v) is 13.8. The van der Waals surface area contributed by atoms with Crippen molar-refractivity contribution in [2.75, 3.05) is 25.1 Å². The predicted molar refractivity (Wildman–Crippen MR) is 129 cm³/mol. The predicted octanol–water partition coefficient (Wildman–Crippen LogP) is 2.04. The lowest BCUT2D eigenvalue weighted by atomic mass is 9.96. The molecule has 1 unspecified atom stereocenters. The monoisotopic (exact) mass is 490 g/mol. The second-order valence-corrected chi connectivity index (χ2v) is 10.8. The van der Waals surface area contributed by atoms with Crippen molar-refractivity contribution in [3.63, 3.8) is 0 Å². The van der Waals surface area contributed by atoms with Gasteiger partial charge in [-0.2, -0.15) is 16.1 Å². The number of pyridine rings is 1. The Morgan fingerprint density at radius 2 is 1.82 bits per heavy atom. The van der Waals surface area contributed by atoms with Crippen molar-refractivity contribution in [3.05, 3.63) is 60.4 Å². The van der Waals surface area contributed by atoms with Crippen LogP contribution in [-0.4, -0.2) is 60.7 Å². The van der Waals surface area contributed by atoms with Crippen LogP contribution in [0.3, 0.4) is 0 Å². The molecule has 0 spiro atoms. The van der Waals surface area contributed by atoms with E-state index in [1.165, 1.54) is 4.31 Å². The molecule has 1 aliphatic heterocycles. The number of hydrogen-bond donors (Lipinski definition) is 2. The second-order valence-electron chi connectivity index (χ2n) is 7.87. The van der Waals surface area contributed by atoms with E-state index in [2.05, 4.69) is 15.6 Å². The maximum Gasteiger partial charge on any atom is 0.243 e. The fourth-order valence-electron chi connectivity index (χ4n) is 3.70. The van der Waals surface area contributed by atoms with Crippen molar-refractivity contribution in [1.29, 1.82) is 0 Å². The third-order valence-electron chi connectivity index (χ3n) is 5.62. The van der Waals surface area contributed by atoms with Gasteiger partial charge in [0, 0.05) is 25.2 Å². The van der Waals surface area contributed by atoms with Crippen LogP contribution < -0.4 is 10.6 Å². The number of aromatic nitrogens is 1. The smallest absolute Gasteiger partial charge is 0.243 e. The summed E-state index contributed by atoms with van der Waals surface area (Å²) < 4.78 is 27.0. The van der Waals surface area contributed by atoms with Crippen LogP contribution in [0.1, 0.15) is 25.0 Å². The Morgan fingerprint density at radius 3 is 2.45 bits per heavy atom. The van der Waals surface area contributed by atoms with Gasteiger partial charge >= 0.3 is 0 Å². The zero-order valence-electron chi connectivity index (χ0n) is 18.6. The minimum Gasteiger partial charge on any atom is -0.349 e. The number of rotatable bonds is 10. The summed E-state index contributed by atoms with van der Waals surface area (Å²) >= 11 is 1.61. The number of amides is 2. The van der Waals surface area contributed by atoms with Crippen LogP contribution in [0.4, 0.5) is 0 Å². The minimum absolute atomic E-state index is 0.203. The van der Waals surface area contributed by atoms with Crippen molar-refractivity contribution in [3.8, 4) is 0 Å². The van der Waals surface area contributed by atoms with Gasteiger partial charge in [0.15, 0.2) is 0 Å². The summed E-state index contributed by atoms with van der Waals surface area (Å²) in [6.07, 6.45) is 4.97. The molecule has 3 rings (SSSR count). The Hall–Kier alpha value is -2.43. The highest BCUT2D eigenvalue weighted by Gasteiger charge is 2.33. The summed E-state index contributed by atoms with van der Waals surface area (Å²) in [4.78, 5) is 30.1. The van der Waals surface area contributed by atoms with E-state index < -0.39 is 16.1 Å². The Balaban J connectivity index is 1.55. The molecule has 2 amide bonds. The lowest BCUT2D eigenvalue weighted by molar-refractivity contribution is -0.132. The normalized spacial score (nSPS) is 16.2. The highest BCUT2D eigenvalue weighted by atomic mass is 32.2. The van der Waals surface area contributed by atoms with E-state index in [0.717, 1.165) is 11.4 Å². The third kappa shape index (κ3) is 7.02. The van der Waals surface area contributed by atoms with Gasteiger partial charge in [-0.25, -0.2) is 8.42 Å². The third-order valence-corrected chi connectivity index (χ3v) is 8.18. The lowest BCUT2D eigenvalue weighted by Crippen LogP contribution is -2.50. The molecular weight excluding hydrogens is 460 g/mol. The van der Waals surface area contributed by atoms with Crippen LogP contribution in [0.15, 0.2) is 59.6 Å². The number of carbonyl (C=O) groups excluding carboxylic acids is 2. The van der Waals surface area contributed by atoms with E-state index in [4.69, 9.17) is 0 Å². The molecule has 10 heteroatoms. The molecule has 0 saturated carbocycles.